The van der Waals surface area contributed by atoms with E-state index in [1.54, 1.807) is 0 Å². The molecule has 0 fully saturated rings. The second-order valence-electron chi connectivity index (χ2n) is 7.41. The number of guanidine groups is 1. The lowest BCUT2D eigenvalue weighted by Crippen LogP contribution is -2.38. The predicted octanol–water partition coefficient (Wildman–Crippen LogP) is 4.28. The van der Waals surface area contributed by atoms with E-state index in [9.17, 15) is 0 Å². The average molecular weight is 528 g/mol. The Morgan fingerprint density at radius 2 is 1.90 bits per heavy atom. The van der Waals surface area contributed by atoms with Gasteiger partial charge in [0, 0.05) is 39.4 Å². The van der Waals surface area contributed by atoms with Gasteiger partial charge in [-0.2, -0.15) is 0 Å². The van der Waals surface area contributed by atoms with Crippen molar-refractivity contribution in [3.63, 3.8) is 0 Å². The maximum atomic E-state index is 4.53. The van der Waals surface area contributed by atoms with E-state index in [0.717, 1.165) is 42.7 Å². The summed E-state index contributed by atoms with van der Waals surface area (Å²) >= 11 is 0. The molecule has 0 atom stereocenters. The van der Waals surface area contributed by atoms with Crippen molar-refractivity contribution in [2.75, 3.05) is 32.1 Å². The van der Waals surface area contributed by atoms with Crippen molar-refractivity contribution < 1.29 is 0 Å². The van der Waals surface area contributed by atoms with Crippen LogP contribution in [0.15, 0.2) is 77.9 Å². The number of aliphatic imine (C=N–C) groups is 1. The Kier molecular flexibility index (Phi) is 8.11. The van der Waals surface area contributed by atoms with Crippen molar-refractivity contribution >= 4 is 35.6 Å². The molecule has 2 N–H and O–H groups in total. The van der Waals surface area contributed by atoms with Crippen LogP contribution < -0.4 is 10.2 Å². The van der Waals surface area contributed by atoms with Crippen LogP contribution in [0.1, 0.15) is 11.4 Å². The number of H-pyrrole nitrogens is 1. The van der Waals surface area contributed by atoms with E-state index in [4.69, 9.17) is 0 Å². The molecule has 1 aliphatic rings. The number of anilines is 1. The maximum Gasteiger partial charge on any atom is 0.194 e. The van der Waals surface area contributed by atoms with E-state index >= 15 is 0 Å². The Bertz CT molecular complexity index is 1020. The first-order chi connectivity index (χ1) is 14.7. The summed E-state index contributed by atoms with van der Waals surface area (Å²) in [4.78, 5) is 16.8. The fraction of sp³-hybridized carbons (Fsp3) is 0.250. The van der Waals surface area contributed by atoms with Crippen LogP contribution in [0.2, 0.25) is 0 Å². The van der Waals surface area contributed by atoms with Crippen molar-refractivity contribution in [1.29, 1.82) is 0 Å². The third-order valence-corrected chi connectivity index (χ3v) is 5.22. The number of hydrogen-bond donors (Lipinski definition) is 2. The molecule has 7 heteroatoms. The number of halogens is 1. The lowest BCUT2D eigenvalue weighted by atomic mass is 10.2. The van der Waals surface area contributed by atoms with E-state index < -0.39 is 0 Å². The highest BCUT2D eigenvalue weighted by atomic mass is 127. The van der Waals surface area contributed by atoms with Gasteiger partial charge in [0.1, 0.15) is 5.82 Å². The van der Waals surface area contributed by atoms with Crippen LogP contribution >= 0.6 is 24.0 Å². The summed E-state index contributed by atoms with van der Waals surface area (Å²) in [5, 5.41) is 3.46. The lowest BCUT2D eigenvalue weighted by Gasteiger charge is -2.22. The Hall–Kier alpha value is -2.81. The molecule has 31 heavy (non-hydrogen) atoms. The van der Waals surface area contributed by atoms with E-state index in [2.05, 4.69) is 78.6 Å². The topological polar surface area (TPSA) is 59.6 Å². The standard InChI is InChI=1S/C24H28N6.HI/c1-25-24(27-16-19-9-8-12-21(15-19)30-13-6-7-14-30)29(2)18-23-26-17-22(28-23)20-10-4-3-5-11-20;/h3-12,15,17H,13-14,16,18H2,1-2H3,(H,25,27)(H,26,28);1H. The fourth-order valence-corrected chi connectivity index (χ4v) is 3.62. The molecule has 0 radical (unpaired) electrons. The normalized spacial score (nSPS) is 13.2. The zero-order valence-electron chi connectivity index (χ0n) is 18.0. The van der Waals surface area contributed by atoms with Crippen LogP contribution in [0.4, 0.5) is 5.69 Å². The zero-order valence-corrected chi connectivity index (χ0v) is 20.3. The van der Waals surface area contributed by atoms with Crippen molar-refractivity contribution in [2.24, 2.45) is 4.99 Å². The van der Waals surface area contributed by atoms with Crippen LogP contribution in [-0.4, -0.2) is 48.0 Å². The third kappa shape index (κ3) is 5.88. The van der Waals surface area contributed by atoms with Crippen LogP contribution in [-0.2, 0) is 13.1 Å². The van der Waals surface area contributed by atoms with Crippen LogP contribution in [0, 0.1) is 0 Å². The molecule has 1 aromatic heterocycles. The van der Waals surface area contributed by atoms with Gasteiger partial charge in [0.05, 0.1) is 18.4 Å². The summed E-state index contributed by atoms with van der Waals surface area (Å²) in [6, 6.07) is 18.9. The average Bonchev–Trinajstić information content (AvgIpc) is 3.48. The SMILES string of the molecule is CN=C(NCc1cccc(N2CC=CC2)c1)N(C)Cc1ncc(-c2ccccc2)[nH]1.I. The van der Waals surface area contributed by atoms with E-state index in [1.165, 1.54) is 11.3 Å². The minimum Gasteiger partial charge on any atom is -0.364 e. The number of aromatic nitrogens is 2. The predicted molar refractivity (Wildman–Crippen MR) is 139 cm³/mol. The maximum absolute atomic E-state index is 4.53. The summed E-state index contributed by atoms with van der Waals surface area (Å²) in [7, 11) is 3.83. The van der Waals surface area contributed by atoms with Crippen LogP contribution in [0.5, 0.6) is 0 Å². The summed E-state index contributed by atoms with van der Waals surface area (Å²) in [5.74, 6) is 1.74. The smallest absolute Gasteiger partial charge is 0.194 e. The van der Waals surface area contributed by atoms with Gasteiger partial charge in [0.2, 0.25) is 0 Å². The monoisotopic (exact) mass is 528 g/mol. The van der Waals surface area contributed by atoms with Gasteiger partial charge in [0.25, 0.3) is 0 Å². The number of imidazole rings is 1. The molecule has 3 aromatic rings. The Labute approximate surface area is 201 Å². The molecule has 0 amide bonds. The summed E-state index contributed by atoms with van der Waals surface area (Å²) in [6.07, 6.45) is 6.30. The molecule has 0 unspecified atom stereocenters. The highest BCUT2D eigenvalue weighted by Gasteiger charge is 2.11. The number of hydrogen-bond acceptors (Lipinski definition) is 3. The van der Waals surface area contributed by atoms with Gasteiger partial charge in [-0.05, 0) is 23.3 Å². The molecule has 4 rings (SSSR count). The first kappa shape index (κ1) is 22.9. The molecular formula is C24H29IN6. The molecule has 0 saturated carbocycles. The molecule has 0 bridgehead atoms. The first-order valence-electron chi connectivity index (χ1n) is 10.2. The molecule has 162 valence electrons. The van der Waals surface area contributed by atoms with Gasteiger partial charge in [-0.15, -0.1) is 24.0 Å². The number of rotatable bonds is 6. The van der Waals surface area contributed by atoms with Crippen molar-refractivity contribution in [2.45, 2.75) is 13.1 Å². The minimum absolute atomic E-state index is 0. The van der Waals surface area contributed by atoms with E-state index in [0.29, 0.717) is 6.54 Å². The van der Waals surface area contributed by atoms with Gasteiger partial charge >= 0.3 is 0 Å². The second-order valence-corrected chi connectivity index (χ2v) is 7.41. The molecule has 0 spiro atoms. The van der Waals surface area contributed by atoms with Gasteiger partial charge in [-0.3, -0.25) is 4.99 Å². The summed E-state index contributed by atoms with van der Waals surface area (Å²) in [5.41, 5.74) is 4.65. The largest absolute Gasteiger partial charge is 0.364 e. The minimum atomic E-state index is 0. The van der Waals surface area contributed by atoms with Crippen LogP contribution in [0.25, 0.3) is 11.3 Å². The fourth-order valence-electron chi connectivity index (χ4n) is 3.62. The van der Waals surface area contributed by atoms with E-state index in [-0.39, 0.29) is 24.0 Å². The quantitative estimate of drug-likeness (QED) is 0.217. The van der Waals surface area contributed by atoms with Crippen LogP contribution in [0.3, 0.4) is 0 Å². The van der Waals surface area contributed by atoms with Gasteiger partial charge in [-0.25, -0.2) is 4.98 Å². The zero-order chi connectivity index (χ0) is 20.8. The Balaban J connectivity index is 0.00000272. The van der Waals surface area contributed by atoms with Gasteiger partial charge < -0.3 is 20.1 Å². The molecule has 6 nitrogen and oxygen atoms in total. The highest BCUT2D eigenvalue weighted by Crippen LogP contribution is 2.19. The van der Waals surface area contributed by atoms with E-state index in [1.807, 2.05) is 38.5 Å². The molecule has 2 heterocycles. The highest BCUT2D eigenvalue weighted by molar-refractivity contribution is 14.0. The third-order valence-electron chi connectivity index (χ3n) is 5.22. The summed E-state index contributed by atoms with van der Waals surface area (Å²) < 4.78 is 0. The van der Waals surface area contributed by atoms with Crippen molar-refractivity contribution in [3.05, 3.63) is 84.3 Å². The summed E-state index contributed by atoms with van der Waals surface area (Å²) in [6.45, 7) is 3.33. The number of nitrogens with one attached hydrogen (secondary N) is 2. The van der Waals surface area contributed by atoms with Crippen molar-refractivity contribution in [3.8, 4) is 11.3 Å². The molecule has 1 aliphatic heterocycles. The number of benzene rings is 2. The Morgan fingerprint density at radius 3 is 2.65 bits per heavy atom. The number of nitrogens with zero attached hydrogens (tertiary/aromatic N) is 4. The Morgan fingerprint density at radius 1 is 1.13 bits per heavy atom. The van der Waals surface area contributed by atoms with Gasteiger partial charge in [-0.1, -0.05) is 54.6 Å². The molecule has 2 aromatic carbocycles. The first-order valence-corrected chi connectivity index (χ1v) is 10.2. The second kappa shape index (κ2) is 11.0. The molecular weight excluding hydrogens is 499 g/mol. The van der Waals surface area contributed by atoms with Gasteiger partial charge in [0.15, 0.2) is 5.96 Å². The molecule has 0 aliphatic carbocycles. The molecule has 0 saturated heterocycles. The van der Waals surface area contributed by atoms with Crippen molar-refractivity contribution in [1.82, 2.24) is 20.2 Å². The number of aromatic amines is 1. The lowest BCUT2D eigenvalue weighted by molar-refractivity contribution is 0.464.